The van der Waals surface area contributed by atoms with Gasteiger partial charge in [-0.25, -0.2) is 0 Å². The summed E-state index contributed by atoms with van der Waals surface area (Å²) >= 11 is 0. The van der Waals surface area contributed by atoms with Crippen LogP contribution in [0.15, 0.2) is 18.2 Å². The van der Waals surface area contributed by atoms with Crippen LogP contribution in [0.2, 0.25) is 0 Å². The molecule has 3 nitrogen and oxygen atoms in total. The van der Waals surface area contributed by atoms with Crippen molar-refractivity contribution in [2.24, 2.45) is 5.92 Å². The summed E-state index contributed by atoms with van der Waals surface area (Å²) in [5, 5.41) is 6.45. The van der Waals surface area contributed by atoms with Gasteiger partial charge in [0.15, 0.2) is 0 Å². The molecule has 0 spiro atoms. The second kappa shape index (κ2) is 5.53. The second-order valence-electron chi connectivity index (χ2n) is 5.38. The molecule has 2 N–H and O–H groups in total. The van der Waals surface area contributed by atoms with Gasteiger partial charge in [0, 0.05) is 17.6 Å². The number of piperidine rings is 1. The number of amides is 1. The summed E-state index contributed by atoms with van der Waals surface area (Å²) in [6.07, 6.45) is 1.86. The van der Waals surface area contributed by atoms with Gasteiger partial charge < -0.3 is 10.6 Å². The van der Waals surface area contributed by atoms with E-state index in [1.807, 2.05) is 19.9 Å². The molecule has 1 saturated heterocycles. The van der Waals surface area contributed by atoms with Gasteiger partial charge in [-0.05, 0) is 57.4 Å². The Hall–Kier alpha value is -1.35. The normalized spacial score (nSPS) is 23.7. The molecule has 18 heavy (non-hydrogen) atoms. The first-order valence-corrected chi connectivity index (χ1v) is 6.68. The fraction of sp³-hybridized carbons (Fsp3) is 0.533. The van der Waals surface area contributed by atoms with Crippen LogP contribution in [0.3, 0.4) is 0 Å². The summed E-state index contributed by atoms with van der Waals surface area (Å²) in [7, 11) is 0. The summed E-state index contributed by atoms with van der Waals surface area (Å²) < 4.78 is 0. The Balaban J connectivity index is 2.04. The monoisotopic (exact) mass is 246 g/mol. The fourth-order valence-electron chi connectivity index (χ4n) is 2.48. The molecular weight excluding hydrogens is 224 g/mol. The van der Waals surface area contributed by atoms with Crippen molar-refractivity contribution in [2.45, 2.75) is 39.7 Å². The predicted octanol–water partition coefficient (Wildman–Crippen LogP) is 2.63. The molecule has 1 aliphatic rings. The molecule has 0 bridgehead atoms. The van der Waals surface area contributed by atoms with Crippen LogP contribution in [0.25, 0.3) is 0 Å². The summed E-state index contributed by atoms with van der Waals surface area (Å²) in [4.78, 5) is 12.2. The third kappa shape index (κ3) is 3.10. The highest BCUT2D eigenvalue weighted by molar-refractivity contribution is 5.93. The molecule has 0 aromatic heterocycles. The zero-order chi connectivity index (χ0) is 13.1. The highest BCUT2D eigenvalue weighted by Gasteiger charge is 2.24. The van der Waals surface area contributed by atoms with E-state index in [1.165, 1.54) is 5.56 Å². The smallest absolute Gasteiger partial charge is 0.227 e. The average molecular weight is 246 g/mol. The number of aryl methyl sites for hydroxylation is 2. The Kier molecular flexibility index (Phi) is 4.02. The van der Waals surface area contributed by atoms with Gasteiger partial charge in [0.25, 0.3) is 0 Å². The lowest BCUT2D eigenvalue weighted by atomic mass is 9.92. The Labute approximate surface area is 109 Å². The molecule has 1 heterocycles. The van der Waals surface area contributed by atoms with E-state index in [2.05, 4.69) is 29.7 Å². The van der Waals surface area contributed by atoms with Gasteiger partial charge in [-0.3, -0.25) is 4.79 Å². The lowest BCUT2D eigenvalue weighted by Crippen LogP contribution is -2.40. The van der Waals surface area contributed by atoms with Gasteiger partial charge in [-0.2, -0.15) is 0 Å². The van der Waals surface area contributed by atoms with E-state index in [-0.39, 0.29) is 11.8 Å². The molecule has 0 saturated carbocycles. The van der Waals surface area contributed by atoms with Crippen LogP contribution in [-0.2, 0) is 4.79 Å². The maximum atomic E-state index is 12.2. The number of carbonyl (C=O) groups excluding carboxylic acids is 1. The summed E-state index contributed by atoms with van der Waals surface area (Å²) in [6.45, 7) is 7.14. The van der Waals surface area contributed by atoms with Crippen LogP contribution in [-0.4, -0.2) is 18.5 Å². The van der Waals surface area contributed by atoms with E-state index in [9.17, 15) is 4.79 Å². The number of anilines is 1. The van der Waals surface area contributed by atoms with Crippen LogP contribution in [0.4, 0.5) is 5.69 Å². The molecule has 0 unspecified atom stereocenters. The molecule has 98 valence electrons. The Bertz CT molecular complexity index is 442. The molecule has 2 atom stereocenters. The van der Waals surface area contributed by atoms with E-state index in [0.717, 1.165) is 30.6 Å². The highest BCUT2D eigenvalue weighted by Crippen LogP contribution is 2.21. The highest BCUT2D eigenvalue weighted by atomic mass is 16.1. The van der Waals surface area contributed by atoms with Crippen molar-refractivity contribution < 1.29 is 4.79 Å². The minimum atomic E-state index is 0.140. The van der Waals surface area contributed by atoms with Crippen molar-refractivity contribution >= 4 is 11.6 Å². The Morgan fingerprint density at radius 1 is 1.39 bits per heavy atom. The number of rotatable bonds is 2. The van der Waals surface area contributed by atoms with Crippen LogP contribution in [0, 0.1) is 19.8 Å². The largest absolute Gasteiger partial charge is 0.326 e. The molecule has 2 rings (SSSR count). The Morgan fingerprint density at radius 2 is 2.17 bits per heavy atom. The summed E-state index contributed by atoms with van der Waals surface area (Å²) in [5.41, 5.74) is 3.25. The van der Waals surface area contributed by atoms with Gasteiger partial charge >= 0.3 is 0 Å². The van der Waals surface area contributed by atoms with Crippen LogP contribution in [0.1, 0.15) is 30.9 Å². The van der Waals surface area contributed by atoms with Gasteiger partial charge in [-0.15, -0.1) is 0 Å². The minimum absolute atomic E-state index is 0.140. The van der Waals surface area contributed by atoms with E-state index >= 15 is 0 Å². The van der Waals surface area contributed by atoms with Crippen LogP contribution in [0.5, 0.6) is 0 Å². The first-order valence-electron chi connectivity index (χ1n) is 6.68. The average Bonchev–Trinajstić information content (AvgIpc) is 2.34. The van der Waals surface area contributed by atoms with Crippen molar-refractivity contribution in [1.29, 1.82) is 0 Å². The molecule has 1 fully saturated rings. The fourth-order valence-corrected chi connectivity index (χ4v) is 2.48. The number of hydrogen-bond donors (Lipinski definition) is 2. The van der Waals surface area contributed by atoms with Crippen molar-refractivity contribution in [2.75, 3.05) is 11.9 Å². The standard InChI is InChI=1S/C15H22N2O/c1-10-4-5-11(2)14(8-10)17-15(18)13-6-7-16-12(3)9-13/h4-5,8,12-13,16H,6-7,9H2,1-3H3,(H,17,18)/t12-,13-/m0/s1. The van der Waals surface area contributed by atoms with E-state index in [4.69, 9.17) is 0 Å². The molecule has 0 radical (unpaired) electrons. The molecule has 1 amide bonds. The zero-order valence-electron chi connectivity index (χ0n) is 11.4. The van der Waals surface area contributed by atoms with Gasteiger partial charge in [0.1, 0.15) is 0 Å². The number of carbonyl (C=O) groups is 1. The number of hydrogen-bond acceptors (Lipinski definition) is 2. The maximum absolute atomic E-state index is 12.2. The predicted molar refractivity (Wildman–Crippen MR) is 74.7 cm³/mol. The SMILES string of the molecule is Cc1ccc(C)c(NC(=O)[C@H]2CCN[C@@H](C)C2)c1. The first kappa shape index (κ1) is 13.1. The molecule has 1 aromatic rings. The molecular formula is C15H22N2O. The van der Waals surface area contributed by atoms with Crippen LogP contribution < -0.4 is 10.6 Å². The van der Waals surface area contributed by atoms with Crippen molar-refractivity contribution in [3.63, 3.8) is 0 Å². The van der Waals surface area contributed by atoms with E-state index < -0.39 is 0 Å². The molecule has 1 aromatic carbocycles. The van der Waals surface area contributed by atoms with E-state index in [1.54, 1.807) is 0 Å². The molecule has 3 heteroatoms. The Morgan fingerprint density at radius 3 is 2.89 bits per heavy atom. The van der Waals surface area contributed by atoms with Gasteiger partial charge in [0.05, 0.1) is 0 Å². The summed E-state index contributed by atoms with van der Waals surface area (Å²) in [5.74, 6) is 0.304. The van der Waals surface area contributed by atoms with Crippen LogP contribution >= 0.6 is 0 Å². The first-order chi connectivity index (χ1) is 8.56. The van der Waals surface area contributed by atoms with Crippen molar-refractivity contribution in [3.05, 3.63) is 29.3 Å². The lowest BCUT2D eigenvalue weighted by molar-refractivity contribution is -0.120. The number of nitrogens with one attached hydrogen (secondary N) is 2. The topological polar surface area (TPSA) is 41.1 Å². The molecule has 0 aliphatic carbocycles. The van der Waals surface area contributed by atoms with Gasteiger partial charge in [0.2, 0.25) is 5.91 Å². The third-order valence-corrected chi connectivity index (χ3v) is 3.65. The number of benzene rings is 1. The quantitative estimate of drug-likeness (QED) is 0.842. The van der Waals surface area contributed by atoms with Gasteiger partial charge in [-0.1, -0.05) is 12.1 Å². The van der Waals surface area contributed by atoms with E-state index in [0.29, 0.717) is 6.04 Å². The second-order valence-corrected chi connectivity index (χ2v) is 5.38. The minimum Gasteiger partial charge on any atom is -0.326 e. The van der Waals surface area contributed by atoms with Crippen molar-refractivity contribution in [3.8, 4) is 0 Å². The summed E-state index contributed by atoms with van der Waals surface area (Å²) in [6, 6.07) is 6.60. The third-order valence-electron chi connectivity index (χ3n) is 3.65. The van der Waals surface area contributed by atoms with Crippen molar-refractivity contribution in [1.82, 2.24) is 5.32 Å². The molecule has 1 aliphatic heterocycles. The lowest BCUT2D eigenvalue weighted by Gasteiger charge is -2.27. The maximum Gasteiger partial charge on any atom is 0.227 e. The zero-order valence-corrected chi connectivity index (χ0v) is 11.4.